The molecule has 1 aliphatic rings. The first kappa shape index (κ1) is 21.3. The first-order valence-corrected chi connectivity index (χ1v) is 11.1. The second kappa shape index (κ2) is 10.4. The van der Waals surface area contributed by atoms with Crippen LogP contribution >= 0.6 is 11.8 Å². The topological polar surface area (TPSA) is 97.0 Å². The number of benzene rings is 1. The van der Waals surface area contributed by atoms with Crippen LogP contribution in [0.3, 0.4) is 0 Å². The van der Waals surface area contributed by atoms with Crippen molar-refractivity contribution < 1.29 is 9.53 Å². The van der Waals surface area contributed by atoms with Crippen molar-refractivity contribution >= 4 is 28.6 Å². The summed E-state index contributed by atoms with van der Waals surface area (Å²) in [4.78, 5) is 30.1. The summed E-state index contributed by atoms with van der Waals surface area (Å²) in [6.07, 6.45) is 5.01. The molecular formula is C21H26N4O3S. The van der Waals surface area contributed by atoms with Gasteiger partial charge in [0.05, 0.1) is 28.8 Å². The van der Waals surface area contributed by atoms with Crippen molar-refractivity contribution in [2.75, 3.05) is 18.9 Å². The largest absolute Gasteiger partial charge is 0.376 e. The van der Waals surface area contributed by atoms with Gasteiger partial charge in [0.25, 0.3) is 11.5 Å². The lowest BCUT2D eigenvalue weighted by molar-refractivity contribution is 0.0858. The molecule has 0 bridgehead atoms. The highest BCUT2D eigenvalue weighted by Crippen LogP contribution is 2.19. The van der Waals surface area contributed by atoms with Crippen LogP contribution in [-0.4, -0.2) is 40.5 Å². The average molecular weight is 415 g/mol. The summed E-state index contributed by atoms with van der Waals surface area (Å²) >= 11 is 1.25. The maximum atomic E-state index is 13.0. The molecular weight excluding hydrogens is 388 g/mol. The number of hydrogen-bond acceptors (Lipinski definition) is 6. The van der Waals surface area contributed by atoms with E-state index in [-0.39, 0.29) is 23.3 Å². The molecule has 0 radical (unpaired) electrons. The molecule has 7 nitrogen and oxygen atoms in total. The summed E-state index contributed by atoms with van der Waals surface area (Å²) in [6.45, 7) is 3.91. The number of thioether (sulfide) groups is 1. The molecule has 2 aromatic rings. The Morgan fingerprint density at radius 3 is 3.03 bits per heavy atom. The van der Waals surface area contributed by atoms with Crippen molar-refractivity contribution in [2.45, 2.75) is 56.8 Å². The molecule has 0 unspecified atom stereocenters. The van der Waals surface area contributed by atoms with Crippen molar-refractivity contribution in [3.63, 3.8) is 0 Å². The number of fused-ring (bicyclic) bond motifs is 1. The Morgan fingerprint density at radius 2 is 2.31 bits per heavy atom. The van der Waals surface area contributed by atoms with E-state index in [1.807, 2.05) is 0 Å². The molecule has 0 spiro atoms. The van der Waals surface area contributed by atoms with Crippen molar-refractivity contribution in [3.05, 3.63) is 34.1 Å². The fourth-order valence-electron chi connectivity index (χ4n) is 3.38. The van der Waals surface area contributed by atoms with Crippen LogP contribution in [0.5, 0.6) is 0 Å². The average Bonchev–Trinajstić information content (AvgIpc) is 3.25. The van der Waals surface area contributed by atoms with Crippen molar-refractivity contribution in [1.29, 1.82) is 5.26 Å². The van der Waals surface area contributed by atoms with Crippen LogP contribution in [0.15, 0.2) is 28.2 Å². The highest BCUT2D eigenvalue weighted by molar-refractivity contribution is 7.99. The predicted molar refractivity (Wildman–Crippen MR) is 113 cm³/mol. The molecule has 1 N–H and O–H groups in total. The third-order valence-corrected chi connectivity index (χ3v) is 5.79. The molecule has 1 fully saturated rings. The maximum absolute atomic E-state index is 13.0. The Bertz CT molecular complexity index is 961. The summed E-state index contributed by atoms with van der Waals surface area (Å²) in [5.41, 5.74) is 0.812. The molecule has 0 saturated carbocycles. The number of nitrogens with one attached hydrogen (secondary N) is 1. The molecule has 1 amide bonds. The number of unbranched alkanes of at least 4 members (excludes halogenated alkanes) is 2. The lowest BCUT2D eigenvalue weighted by atomic mass is 10.1. The van der Waals surface area contributed by atoms with Gasteiger partial charge in [-0.15, -0.1) is 0 Å². The fourth-order valence-corrected chi connectivity index (χ4v) is 4.07. The van der Waals surface area contributed by atoms with E-state index in [4.69, 9.17) is 10.00 Å². The van der Waals surface area contributed by atoms with Crippen LogP contribution < -0.4 is 10.9 Å². The van der Waals surface area contributed by atoms with Gasteiger partial charge in [-0.1, -0.05) is 31.5 Å². The fraction of sp³-hybridized carbons (Fsp3) is 0.524. The predicted octanol–water partition coefficient (Wildman–Crippen LogP) is 3.11. The third kappa shape index (κ3) is 5.37. The Balaban J connectivity index is 1.86. The van der Waals surface area contributed by atoms with E-state index in [9.17, 15) is 9.59 Å². The Hall–Kier alpha value is -2.37. The Kier molecular flexibility index (Phi) is 7.67. The zero-order valence-corrected chi connectivity index (χ0v) is 17.5. The lowest BCUT2D eigenvalue weighted by Gasteiger charge is -2.13. The number of nitrogens with zero attached hydrogens (tertiary/aromatic N) is 3. The van der Waals surface area contributed by atoms with Gasteiger partial charge in [0.1, 0.15) is 0 Å². The van der Waals surface area contributed by atoms with Crippen LogP contribution in [-0.2, 0) is 11.3 Å². The van der Waals surface area contributed by atoms with E-state index in [0.29, 0.717) is 34.7 Å². The van der Waals surface area contributed by atoms with Gasteiger partial charge in [-0.25, -0.2) is 4.98 Å². The Labute approximate surface area is 174 Å². The van der Waals surface area contributed by atoms with Crippen LogP contribution in [0, 0.1) is 11.3 Å². The molecule has 1 aliphatic heterocycles. The van der Waals surface area contributed by atoms with Gasteiger partial charge in [-0.3, -0.25) is 14.2 Å². The minimum Gasteiger partial charge on any atom is -0.376 e. The SMILES string of the molecule is CCCCCn1c(SCC#N)nc2cc(C(=O)NC[C@@H]3CCCO3)ccc2c1=O. The first-order chi connectivity index (χ1) is 14.1. The molecule has 1 aromatic carbocycles. The number of amides is 1. The minimum atomic E-state index is -0.206. The second-order valence-electron chi connectivity index (χ2n) is 7.08. The molecule has 29 heavy (non-hydrogen) atoms. The monoisotopic (exact) mass is 414 g/mol. The number of carbonyl (C=O) groups excluding carboxylic acids is 1. The van der Waals surface area contributed by atoms with Crippen LogP contribution in [0.1, 0.15) is 49.4 Å². The number of rotatable bonds is 9. The normalized spacial score (nSPS) is 16.1. The number of ether oxygens (including phenoxy) is 1. The number of carbonyl (C=O) groups is 1. The van der Waals surface area contributed by atoms with Gasteiger partial charge in [0.2, 0.25) is 0 Å². The van der Waals surface area contributed by atoms with Crippen molar-refractivity contribution in [2.24, 2.45) is 0 Å². The van der Waals surface area contributed by atoms with E-state index >= 15 is 0 Å². The first-order valence-electron chi connectivity index (χ1n) is 10.1. The molecule has 8 heteroatoms. The van der Waals surface area contributed by atoms with Gasteiger partial charge in [-0.2, -0.15) is 5.26 Å². The highest BCUT2D eigenvalue weighted by atomic mass is 32.2. The molecule has 1 atom stereocenters. The van der Waals surface area contributed by atoms with Crippen molar-refractivity contribution in [1.82, 2.24) is 14.9 Å². The van der Waals surface area contributed by atoms with Crippen LogP contribution in [0.2, 0.25) is 0 Å². The van der Waals surface area contributed by atoms with Gasteiger partial charge in [-0.05, 0) is 37.5 Å². The second-order valence-corrected chi connectivity index (χ2v) is 8.02. The van der Waals surface area contributed by atoms with Crippen LogP contribution in [0.4, 0.5) is 0 Å². The molecule has 3 rings (SSSR count). The van der Waals surface area contributed by atoms with E-state index in [1.54, 1.807) is 22.8 Å². The zero-order chi connectivity index (χ0) is 20.6. The van der Waals surface area contributed by atoms with E-state index in [0.717, 1.165) is 38.7 Å². The van der Waals surface area contributed by atoms with E-state index in [1.165, 1.54) is 11.8 Å². The third-order valence-electron chi connectivity index (χ3n) is 4.95. The van der Waals surface area contributed by atoms with Gasteiger partial charge in [0.15, 0.2) is 5.16 Å². The van der Waals surface area contributed by atoms with E-state index < -0.39 is 0 Å². The van der Waals surface area contributed by atoms with Gasteiger partial charge >= 0.3 is 0 Å². The number of nitriles is 1. The minimum absolute atomic E-state index is 0.0711. The maximum Gasteiger partial charge on any atom is 0.262 e. The van der Waals surface area contributed by atoms with Gasteiger partial charge in [0, 0.05) is 25.3 Å². The summed E-state index contributed by atoms with van der Waals surface area (Å²) in [7, 11) is 0. The quantitative estimate of drug-likeness (QED) is 0.385. The van der Waals surface area contributed by atoms with Crippen LogP contribution in [0.25, 0.3) is 10.9 Å². The molecule has 1 aromatic heterocycles. The standard InChI is InChI=1S/C21H26N4O3S/c1-2-3-4-10-25-20(27)17-8-7-15(13-18(17)24-21(25)29-12-9-22)19(26)23-14-16-6-5-11-28-16/h7-8,13,16H,2-6,10-12,14H2,1H3,(H,23,26)/t16-/m0/s1. The molecule has 2 heterocycles. The molecule has 0 aliphatic carbocycles. The highest BCUT2D eigenvalue weighted by Gasteiger charge is 2.18. The number of aromatic nitrogens is 2. The van der Waals surface area contributed by atoms with Gasteiger partial charge < -0.3 is 10.1 Å². The number of hydrogen-bond donors (Lipinski definition) is 1. The summed E-state index contributed by atoms with van der Waals surface area (Å²) in [5, 5.41) is 12.8. The summed E-state index contributed by atoms with van der Waals surface area (Å²) in [6, 6.07) is 7.06. The Morgan fingerprint density at radius 1 is 1.45 bits per heavy atom. The zero-order valence-electron chi connectivity index (χ0n) is 16.6. The molecule has 154 valence electrons. The summed E-state index contributed by atoms with van der Waals surface area (Å²) < 4.78 is 7.18. The van der Waals surface area contributed by atoms with E-state index in [2.05, 4.69) is 23.3 Å². The lowest BCUT2D eigenvalue weighted by Crippen LogP contribution is -2.31. The smallest absolute Gasteiger partial charge is 0.262 e. The van der Waals surface area contributed by atoms with Crippen molar-refractivity contribution in [3.8, 4) is 6.07 Å². The molecule has 1 saturated heterocycles. The summed E-state index contributed by atoms with van der Waals surface area (Å²) in [5.74, 6) is 0.00960.